The monoisotopic (exact) mass is 264 g/mol. The Balaban J connectivity index is 2.35. The molecule has 0 heterocycles. The van der Waals surface area contributed by atoms with Crippen LogP contribution in [-0.2, 0) is 4.79 Å². The first-order chi connectivity index (χ1) is 8.94. The van der Waals surface area contributed by atoms with Gasteiger partial charge in [0.2, 0.25) is 5.91 Å². The molecule has 1 aromatic carbocycles. The molecule has 0 saturated carbocycles. The molecule has 0 aliphatic carbocycles. The number of benzene rings is 1. The van der Waals surface area contributed by atoms with E-state index in [-0.39, 0.29) is 24.5 Å². The van der Waals surface area contributed by atoms with Crippen molar-refractivity contribution in [3.05, 3.63) is 29.8 Å². The molecule has 1 aromatic rings. The molecule has 1 rings (SSSR count). The highest BCUT2D eigenvalue weighted by atomic mass is 16.3. The van der Waals surface area contributed by atoms with Crippen molar-refractivity contribution < 1.29 is 9.90 Å². The number of aliphatic hydroxyl groups is 1. The molecule has 0 atom stereocenters. The van der Waals surface area contributed by atoms with Crippen molar-refractivity contribution in [2.75, 3.05) is 25.0 Å². The van der Waals surface area contributed by atoms with Gasteiger partial charge in [-0.3, -0.25) is 4.79 Å². The molecule has 3 N–H and O–H groups in total. The topological polar surface area (TPSA) is 61.4 Å². The fraction of sp³-hybridized carbons (Fsp3) is 0.533. The molecule has 0 spiro atoms. The number of rotatable bonds is 7. The minimum Gasteiger partial charge on any atom is -0.396 e. The molecular weight excluding hydrogens is 240 g/mol. The van der Waals surface area contributed by atoms with E-state index >= 15 is 0 Å². The van der Waals surface area contributed by atoms with Crippen LogP contribution < -0.4 is 10.6 Å². The van der Waals surface area contributed by atoms with Crippen LogP contribution in [0.2, 0.25) is 0 Å². The summed E-state index contributed by atoms with van der Waals surface area (Å²) in [5, 5.41) is 14.9. The van der Waals surface area contributed by atoms with Crippen molar-refractivity contribution in [1.29, 1.82) is 0 Å². The smallest absolute Gasteiger partial charge is 0.238 e. The Morgan fingerprint density at radius 1 is 1.32 bits per heavy atom. The van der Waals surface area contributed by atoms with Gasteiger partial charge in [0.25, 0.3) is 0 Å². The third-order valence-electron chi connectivity index (χ3n) is 3.10. The first-order valence-corrected chi connectivity index (χ1v) is 6.62. The van der Waals surface area contributed by atoms with Gasteiger partial charge in [0.15, 0.2) is 0 Å². The predicted molar refractivity (Wildman–Crippen MR) is 78.2 cm³/mol. The lowest BCUT2D eigenvalue weighted by Crippen LogP contribution is -2.35. The first-order valence-electron chi connectivity index (χ1n) is 6.62. The van der Waals surface area contributed by atoms with E-state index in [4.69, 9.17) is 5.11 Å². The maximum atomic E-state index is 11.8. The predicted octanol–water partition coefficient (Wildman–Crippen LogP) is 1.93. The number of carbonyl (C=O) groups excluding carboxylic acids is 1. The van der Waals surface area contributed by atoms with Gasteiger partial charge in [-0.05, 0) is 30.4 Å². The van der Waals surface area contributed by atoms with Gasteiger partial charge in [-0.1, -0.05) is 32.0 Å². The lowest BCUT2D eigenvalue weighted by Gasteiger charge is -2.23. The van der Waals surface area contributed by atoms with Gasteiger partial charge in [0, 0.05) is 18.8 Å². The number of amides is 1. The fourth-order valence-electron chi connectivity index (χ4n) is 1.81. The van der Waals surface area contributed by atoms with E-state index in [1.165, 1.54) is 0 Å². The van der Waals surface area contributed by atoms with Crippen LogP contribution in [0.1, 0.15) is 25.8 Å². The molecule has 1 amide bonds. The molecular formula is C15H24N2O2. The summed E-state index contributed by atoms with van der Waals surface area (Å²) < 4.78 is 0. The van der Waals surface area contributed by atoms with E-state index < -0.39 is 0 Å². The highest BCUT2D eigenvalue weighted by Crippen LogP contribution is 2.17. The molecule has 0 aliphatic heterocycles. The van der Waals surface area contributed by atoms with Crippen molar-refractivity contribution in [1.82, 2.24) is 5.32 Å². The van der Waals surface area contributed by atoms with Crippen molar-refractivity contribution >= 4 is 11.6 Å². The quantitative estimate of drug-likeness (QED) is 0.705. The van der Waals surface area contributed by atoms with Crippen LogP contribution in [0.15, 0.2) is 24.3 Å². The van der Waals surface area contributed by atoms with Gasteiger partial charge in [0.05, 0.1) is 6.54 Å². The summed E-state index contributed by atoms with van der Waals surface area (Å²) in [5.41, 5.74) is 1.90. The van der Waals surface area contributed by atoms with Gasteiger partial charge < -0.3 is 15.7 Å². The Labute approximate surface area is 115 Å². The summed E-state index contributed by atoms with van der Waals surface area (Å²) in [6.07, 6.45) is 0.722. The highest BCUT2D eigenvalue weighted by molar-refractivity contribution is 5.92. The number of aryl methyl sites for hydroxylation is 1. The fourth-order valence-corrected chi connectivity index (χ4v) is 1.81. The molecule has 4 nitrogen and oxygen atoms in total. The Bertz CT molecular complexity index is 416. The number of nitrogens with one attached hydrogen (secondary N) is 2. The van der Waals surface area contributed by atoms with E-state index in [2.05, 4.69) is 24.5 Å². The Morgan fingerprint density at radius 3 is 2.63 bits per heavy atom. The van der Waals surface area contributed by atoms with Gasteiger partial charge >= 0.3 is 0 Å². The van der Waals surface area contributed by atoms with E-state index in [0.29, 0.717) is 6.54 Å². The van der Waals surface area contributed by atoms with Crippen molar-refractivity contribution in [3.8, 4) is 0 Å². The second kappa shape index (κ2) is 7.26. The van der Waals surface area contributed by atoms with E-state index in [9.17, 15) is 4.79 Å². The molecule has 0 aliphatic rings. The number of carbonyl (C=O) groups is 1. The molecule has 106 valence electrons. The van der Waals surface area contributed by atoms with Crippen LogP contribution in [0.25, 0.3) is 0 Å². The standard InChI is InChI=1S/C15H24N2O2/c1-12-6-4-5-7-13(12)17-14(19)10-16-11-15(2,3)8-9-18/h4-7,16,18H,8-11H2,1-3H3,(H,17,19). The summed E-state index contributed by atoms with van der Waals surface area (Å²) in [6, 6.07) is 7.71. The normalized spacial score (nSPS) is 11.4. The van der Waals surface area contributed by atoms with Gasteiger partial charge in [-0.2, -0.15) is 0 Å². The minimum atomic E-state index is -0.0471. The lowest BCUT2D eigenvalue weighted by molar-refractivity contribution is -0.115. The average molecular weight is 264 g/mol. The summed E-state index contributed by atoms with van der Waals surface area (Å²) in [7, 11) is 0. The van der Waals surface area contributed by atoms with Crippen LogP contribution >= 0.6 is 0 Å². The molecule has 0 unspecified atom stereocenters. The van der Waals surface area contributed by atoms with E-state index in [0.717, 1.165) is 17.7 Å². The second-order valence-corrected chi connectivity index (χ2v) is 5.60. The zero-order chi connectivity index (χ0) is 14.3. The summed E-state index contributed by atoms with van der Waals surface area (Å²) in [5.74, 6) is -0.0471. The maximum Gasteiger partial charge on any atom is 0.238 e. The molecule has 0 radical (unpaired) electrons. The Kier molecular flexibility index (Phi) is 5.99. The van der Waals surface area contributed by atoms with Crippen LogP contribution in [0.3, 0.4) is 0 Å². The first kappa shape index (κ1) is 15.7. The minimum absolute atomic E-state index is 0.00229. The van der Waals surface area contributed by atoms with E-state index in [1.807, 2.05) is 31.2 Å². The summed E-state index contributed by atoms with van der Waals surface area (Å²) in [6.45, 7) is 7.25. The molecule has 0 bridgehead atoms. The van der Waals surface area contributed by atoms with Gasteiger partial charge in [-0.25, -0.2) is 0 Å². The number of anilines is 1. The number of hydrogen-bond acceptors (Lipinski definition) is 3. The molecule has 4 heteroatoms. The molecule has 0 saturated heterocycles. The highest BCUT2D eigenvalue weighted by Gasteiger charge is 2.16. The zero-order valence-electron chi connectivity index (χ0n) is 12.0. The lowest BCUT2D eigenvalue weighted by atomic mass is 9.90. The molecule has 0 fully saturated rings. The number of para-hydroxylation sites is 1. The Morgan fingerprint density at radius 2 is 2.00 bits per heavy atom. The van der Waals surface area contributed by atoms with E-state index in [1.54, 1.807) is 0 Å². The summed E-state index contributed by atoms with van der Waals surface area (Å²) in [4.78, 5) is 11.8. The van der Waals surface area contributed by atoms with Crippen LogP contribution in [-0.4, -0.2) is 30.7 Å². The Hall–Kier alpha value is -1.39. The van der Waals surface area contributed by atoms with Crippen LogP contribution in [0.5, 0.6) is 0 Å². The average Bonchev–Trinajstić information content (AvgIpc) is 2.31. The third kappa shape index (κ3) is 5.85. The van der Waals surface area contributed by atoms with Crippen molar-refractivity contribution in [3.63, 3.8) is 0 Å². The number of aliphatic hydroxyl groups excluding tert-OH is 1. The molecule has 0 aromatic heterocycles. The van der Waals surface area contributed by atoms with Gasteiger partial charge in [-0.15, -0.1) is 0 Å². The SMILES string of the molecule is Cc1ccccc1NC(=O)CNCC(C)(C)CCO. The zero-order valence-corrected chi connectivity index (χ0v) is 12.0. The molecule has 19 heavy (non-hydrogen) atoms. The van der Waals surface area contributed by atoms with Crippen LogP contribution in [0, 0.1) is 12.3 Å². The summed E-state index contributed by atoms with van der Waals surface area (Å²) >= 11 is 0. The number of hydrogen-bond donors (Lipinski definition) is 3. The second-order valence-electron chi connectivity index (χ2n) is 5.60. The van der Waals surface area contributed by atoms with Crippen LogP contribution in [0.4, 0.5) is 5.69 Å². The van der Waals surface area contributed by atoms with Crippen molar-refractivity contribution in [2.45, 2.75) is 27.2 Å². The van der Waals surface area contributed by atoms with Gasteiger partial charge in [0.1, 0.15) is 0 Å². The largest absolute Gasteiger partial charge is 0.396 e. The third-order valence-corrected chi connectivity index (χ3v) is 3.10. The maximum absolute atomic E-state index is 11.8. The van der Waals surface area contributed by atoms with Crippen molar-refractivity contribution in [2.24, 2.45) is 5.41 Å².